The molecule has 2 heterocycles. The zero-order chi connectivity index (χ0) is 15.7. The third-order valence-electron chi connectivity index (χ3n) is 3.58. The minimum Gasteiger partial charge on any atom is -0.490 e. The summed E-state index contributed by atoms with van der Waals surface area (Å²) in [7, 11) is -1.78. The number of nitrogens with zero attached hydrogens (tertiary/aromatic N) is 2. The number of anilines is 2. The summed E-state index contributed by atoms with van der Waals surface area (Å²) in [6.45, 7) is 3.13. The summed E-state index contributed by atoms with van der Waals surface area (Å²) in [5.74, 6) is 1.03. The Labute approximate surface area is 129 Å². The molecule has 0 radical (unpaired) electrons. The number of hydrogen-bond donors (Lipinski definition) is 1. The third-order valence-corrected chi connectivity index (χ3v) is 4.91. The number of aromatic nitrogens is 1. The number of fused-ring (bicyclic) bond motifs is 1. The van der Waals surface area contributed by atoms with E-state index >= 15 is 0 Å². The first-order valence-corrected chi connectivity index (χ1v) is 8.38. The van der Waals surface area contributed by atoms with Gasteiger partial charge in [0.05, 0.1) is 17.1 Å². The van der Waals surface area contributed by atoms with E-state index in [1.165, 1.54) is 0 Å². The first-order valence-electron chi connectivity index (χ1n) is 6.90. The van der Waals surface area contributed by atoms with E-state index < -0.39 is 10.0 Å². The van der Waals surface area contributed by atoms with Crippen LogP contribution in [0, 0.1) is 6.92 Å². The molecule has 1 aromatic heterocycles. The second-order valence-corrected chi connectivity index (χ2v) is 6.86. The average Bonchev–Trinajstić information content (AvgIpc) is 2.49. The Bertz CT molecular complexity index is 805. The zero-order valence-electron chi connectivity index (χ0n) is 12.4. The van der Waals surface area contributed by atoms with Gasteiger partial charge in [-0.15, -0.1) is 0 Å². The SMILES string of the molecule is Cc1cccnc1NS(=O)(=O)c1ccc2c(c1)N(C)CCO2. The number of benzene rings is 1. The summed E-state index contributed by atoms with van der Waals surface area (Å²) < 4.78 is 33.1. The monoisotopic (exact) mass is 319 g/mol. The highest BCUT2D eigenvalue weighted by Gasteiger charge is 2.21. The van der Waals surface area contributed by atoms with Crippen LogP contribution in [0.15, 0.2) is 41.4 Å². The smallest absolute Gasteiger partial charge is 0.263 e. The number of rotatable bonds is 3. The van der Waals surface area contributed by atoms with Crippen LogP contribution < -0.4 is 14.4 Å². The van der Waals surface area contributed by atoms with Crippen LogP contribution in [0.4, 0.5) is 11.5 Å². The van der Waals surface area contributed by atoms with Crippen LogP contribution in [0.5, 0.6) is 5.75 Å². The number of pyridine rings is 1. The molecule has 6 nitrogen and oxygen atoms in total. The van der Waals surface area contributed by atoms with Crippen molar-refractivity contribution in [3.05, 3.63) is 42.1 Å². The van der Waals surface area contributed by atoms with E-state index in [0.29, 0.717) is 18.2 Å². The lowest BCUT2D eigenvalue weighted by Gasteiger charge is -2.28. The van der Waals surface area contributed by atoms with Gasteiger partial charge in [-0.3, -0.25) is 4.72 Å². The van der Waals surface area contributed by atoms with Crippen LogP contribution in [0.3, 0.4) is 0 Å². The van der Waals surface area contributed by atoms with Gasteiger partial charge in [0.2, 0.25) is 0 Å². The van der Waals surface area contributed by atoms with E-state index in [-0.39, 0.29) is 4.90 Å². The number of likely N-dealkylation sites (N-methyl/N-ethyl adjacent to an activating group) is 1. The van der Waals surface area contributed by atoms with Crippen LogP contribution in [0.1, 0.15) is 5.56 Å². The maximum Gasteiger partial charge on any atom is 0.263 e. The minimum absolute atomic E-state index is 0.189. The van der Waals surface area contributed by atoms with E-state index in [2.05, 4.69) is 9.71 Å². The lowest BCUT2D eigenvalue weighted by molar-refractivity contribution is 0.311. The lowest BCUT2D eigenvalue weighted by Crippen LogP contribution is -2.29. The van der Waals surface area contributed by atoms with Gasteiger partial charge < -0.3 is 9.64 Å². The Morgan fingerprint density at radius 1 is 1.32 bits per heavy atom. The molecule has 1 aromatic carbocycles. The van der Waals surface area contributed by atoms with Gasteiger partial charge in [0.15, 0.2) is 0 Å². The predicted molar refractivity (Wildman–Crippen MR) is 85.0 cm³/mol. The number of aryl methyl sites for hydroxylation is 1. The number of nitrogens with one attached hydrogen (secondary N) is 1. The van der Waals surface area contributed by atoms with Crippen molar-refractivity contribution in [1.82, 2.24) is 4.98 Å². The molecule has 2 aromatic rings. The molecule has 0 spiro atoms. The second-order valence-electron chi connectivity index (χ2n) is 5.17. The highest BCUT2D eigenvalue weighted by atomic mass is 32.2. The Morgan fingerprint density at radius 3 is 2.91 bits per heavy atom. The van der Waals surface area contributed by atoms with E-state index in [0.717, 1.165) is 17.8 Å². The van der Waals surface area contributed by atoms with Crippen molar-refractivity contribution in [2.75, 3.05) is 29.8 Å². The summed E-state index contributed by atoms with van der Waals surface area (Å²) in [5, 5.41) is 0. The standard InChI is InChI=1S/C15H17N3O3S/c1-11-4-3-7-16-15(11)17-22(19,20)12-5-6-14-13(10-12)18(2)8-9-21-14/h3-7,10H,8-9H2,1-2H3,(H,16,17). The van der Waals surface area contributed by atoms with Crippen molar-refractivity contribution < 1.29 is 13.2 Å². The molecule has 1 aliphatic rings. The van der Waals surface area contributed by atoms with Crippen molar-refractivity contribution in [3.8, 4) is 5.75 Å². The number of hydrogen-bond acceptors (Lipinski definition) is 5. The zero-order valence-corrected chi connectivity index (χ0v) is 13.2. The summed E-state index contributed by atoms with van der Waals surface area (Å²) in [5.41, 5.74) is 1.54. The van der Waals surface area contributed by atoms with Crippen LogP contribution in [0.2, 0.25) is 0 Å². The lowest BCUT2D eigenvalue weighted by atomic mass is 10.2. The molecule has 0 bridgehead atoms. The first-order chi connectivity index (χ1) is 10.5. The maximum atomic E-state index is 12.5. The van der Waals surface area contributed by atoms with Gasteiger partial charge in [-0.1, -0.05) is 6.07 Å². The normalized spacial score (nSPS) is 14.2. The molecule has 0 aliphatic carbocycles. The van der Waals surface area contributed by atoms with Crippen LogP contribution in [-0.4, -0.2) is 33.6 Å². The van der Waals surface area contributed by atoms with Gasteiger partial charge in [0.1, 0.15) is 18.2 Å². The Hall–Kier alpha value is -2.28. The first kappa shape index (κ1) is 14.6. The van der Waals surface area contributed by atoms with E-state index in [1.807, 2.05) is 11.9 Å². The average molecular weight is 319 g/mol. The molecule has 0 atom stereocenters. The summed E-state index contributed by atoms with van der Waals surface area (Å²) >= 11 is 0. The third kappa shape index (κ3) is 2.71. The summed E-state index contributed by atoms with van der Waals surface area (Å²) in [6, 6.07) is 8.41. The maximum absolute atomic E-state index is 12.5. The molecule has 1 aliphatic heterocycles. The van der Waals surface area contributed by atoms with Crippen LogP contribution in [0.25, 0.3) is 0 Å². The Kier molecular flexibility index (Phi) is 3.66. The molecule has 3 rings (SSSR count). The molecule has 0 fully saturated rings. The molecule has 116 valence electrons. The summed E-state index contributed by atoms with van der Waals surface area (Å²) in [6.07, 6.45) is 1.55. The van der Waals surface area contributed by atoms with Crippen molar-refractivity contribution >= 4 is 21.5 Å². The van der Waals surface area contributed by atoms with Crippen LogP contribution >= 0.6 is 0 Å². The fourth-order valence-corrected chi connectivity index (χ4v) is 3.38. The summed E-state index contributed by atoms with van der Waals surface area (Å²) in [4.78, 5) is 6.23. The molecule has 0 saturated carbocycles. The van der Waals surface area contributed by atoms with Crippen molar-refractivity contribution in [2.45, 2.75) is 11.8 Å². The highest BCUT2D eigenvalue weighted by Crippen LogP contribution is 2.33. The Morgan fingerprint density at radius 2 is 2.14 bits per heavy atom. The molecule has 7 heteroatoms. The van der Waals surface area contributed by atoms with Gasteiger partial charge in [-0.25, -0.2) is 13.4 Å². The largest absolute Gasteiger partial charge is 0.490 e. The molecule has 0 unspecified atom stereocenters. The minimum atomic E-state index is -3.69. The predicted octanol–water partition coefficient (Wildman–Crippen LogP) is 2.02. The van der Waals surface area contributed by atoms with Crippen LogP contribution in [-0.2, 0) is 10.0 Å². The van der Waals surface area contributed by atoms with Crippen molar-refractivity contribution in [1.29, 1.82) is 0 Å². The number of sulfonamides is 1. The van der Waals surface area contributed by atoms with Gasteiger partial charge in [0.25, 0.3) is 10.0 Å². The quantitative estimate of drug-likeness (QED) is 0.937. The van der Waals surface area contributed by atoms with Gasteiger partial charge >= 0.3 is 0 Å². The van der Waals surface area contributed by atoms with E-state index in [9.17, 15) is 8.42 Å². The van der Waals surface area contributed by atoms with Gasteiger partial charge in [-0.2, -0.15) is 0 Å². The van der Waals surface area contributed by atoms with E-state index in [4.69, 9.17) is 4.74 Å². The van der Waals surface area contributed by atoms with Crippen molar-refractivity contribution in [2.24, 2.45) is 0 Å². The van der Waals surface area contributed by atoms with E-state index in [1.54, 1.807) is 43.5 Å². The molecule has 1 N–H and O–H groups in total. The van der Waals surface area contributed by atoms with Gasteiger partial charge in [0, 0.05) is 13.2 Å². The highest BCUT2D eigenvalue weighted by molar-refractivity contribution is 7.92. The number of ether oxygens (including phenoxy) is 1. The molecular weight excluding hydrogens is 302 g/mol. The molecular formula is C15H17N3O3S. The molecule has 0 amide bonds. The second kappa shape index (κ2) is 5.49. The fourth-order valence-electron chi connectivity index (χ4n) is 2.28. The van der Waals surface area contributed by atoms with Gasteiger partial charge in [-0.05, 0) is 36.8 Å². The molecule has 0 saturated heterocycles. The molecule has 22 heavy (non-hydrogen) atoms. The fraction of sp³-hybridized carbons (Fsp3) is 0.267. The topological polar surface area (TPSA) is 71.5 Å². The van der Waals surface area contributed by atoms with Crippen molar-refractivity contribution in [3.63, 3.8) is 0 Å². The Balaban J connectivity index is 1.96.